The Morgan fingerprint density at radius 3 is 2.76 bits per heavy atom. The molecule has 6 heteroatoms. The molecule has 1 aromatic heterocycles. The SMILES string of the molecule is FC(F)(F)c1cc(N2CCc3sccc3C2)ccc1CCl. The molecule has 0 aliphatic carbocycles. The molecule has 0 saturated carbocycles. The minimum atomic E-state index is -4.37. The Morgan fingerprint density at radius 2 is 2.05 bits per heavy atom. The number of benzene rings is 1. The predicted octanol–water partition coefficient (Wildman–Crippen LogP) is 5.07. The second-order valence-corrected chi connectivity index (χ2v) is 6.28. The number of nitrogens with zero attached hydrogens (tertiary/aromatic N) is 1. The maximum atomic E-state index is 13.1. The average molecular weight is 332 g/mol. The molecule has 1 aliphatic heterocycles. The van der Waals surface area contributed by atoms with Crippen molar-refractivity contribution in [2.45, 2.75) is 25.0 Å². The van der Waals surface area contributed by atoms with Crippen molar-refractivity contribution in [2.75, 3.05) is 11.4 Å². The van der Waals surface area contributed by atoms with Crippen molar-refractivity contribution in [3.63, 3.8) is 0 Å². The van der Waals surface area contributed by atoms with E-state index in [4.69, 9.17) is 11.6 Å². The highest BCUT2D eigenvalue weighted by atomic mass is 35.5. The highest BCUT2D eigenvalue weighted by molar-refractivity contribution is 7.10. The maximum Gasteiger partial charge on any atom is 0.416 e. The van der Waals surface area contributed by atoms with E-state index in [9.17, 15) is 13.2 Å². The third-order valence-electron chi connectivity index (χ3n) is 3.72. The van der Waals surface area contributed by atoms with Crippen LogP contribution in [-0.2, 0) is 25.0 Å². The van der Waals surface area contributed by atoms with Crippen LogP contribution in [0, 0.1) is 0 Å². The van der Waals surface area contributed by atoms with Crippen molar-refractivity contribution < 1.29 is 13.2 Å². The molecule has 112 valence electrons. The first kappa shape index (κ1) is 14.7. The lowest BCUT2D eigenvalue weighted by atomic mass is 10.0. The van der Waals surface area contributed by atoms with Crippen LogP contribution in [0.25, 0.3) is 0 Å². The largest absolute Gasteiger partial charge is 0.416 e. The highest BCUT2D eigenvalue weighted by Gasteiger charge is 2.34. The van der Waals surface area contributed by atoms with Gasteiger partial charge in [0.05, 0.1) is 5.56 Å². The lowest BCUT2D eigenvalue weighted by Gasteiger charge is -2.30. The summed E-state index contributed by atoms with van der Waals surface area (Å²) in [5.74, 6) is -0.135. The van der Waals surface area contributed by atoms with Gasteiger partial charge in [-0.15, -0.1) is 22.9 Å². The Hall–Kier alpha value is -1.20. The lowest BCUT2D eigenvalue weighted by Crippen LogP contribution is -2.29. The molecule has 0 radical (unpaired) electrons. The molecule has 0 bridgehead atoms. The standard InChI is InChI=1S/C15H13ClF3NS/c16-8-10-1-2-12(7-13(10)15(17,18)19)20-5-3-14-11(9-20)4-6-21-14/h1-2,4,6-7H,3,5,8-9H2. The van der Waals surface area contributed by atoms with Crippen LogP contribution in [0.2, 0.25) is 0 Å². The van der Waals surface area contributed by atoms with E-state index in [1.807, 2.05) is 16.3 Å². The lowest BCUT2D eigenvalue weighted by molar-refractivity contribution is -0.138. The van der Waals surface area contributed by atoms with Crippen molar-refractivity contribution >= 4 is 28.6 Å². The maximum absolute atomic E-state index is 13.1. The van der Waals surface area contributed by atoms with Crippen LogP contribution in [0.1, 0.15) is 21.6 Å². The normalized spacial score (nSPS) is 15.1. The molecule has 3 rings (SSSR count). The number of anilines is 1. The zero-order valence-corrected chi connectivity index (χ0v) is 12.7. The molecule has 0 amide bonds. The van der Waals surface area contributed by atoms with Crippen LogP contribution in [0.3, 0.4) is 0 Å². The fourth-order valence-corrected chi connectivity index (χ4v) is 3.73. The van der Waals surface area contributed by atoms with E-state index in [1.165, 1.54) is 22.6 Å². The van der Waals surface area contributed by atoms with Gasteiger partial charge in [-0.05, 0) is 41.1 Å². The van der Waals surface area contributed by atoms with E-state index in [0.717, 1.165) is 13.0 Å². The zero-order valence-electron chi connectivity index (χ0n) is 11.1. The number of rotatable bonds is 2. The Bertz CT molecular complexity index is 651. The summed E-state index contributed by atoms with van der Waals surface area (Å²) in [5.41, 5.74) is 1.31. The van der Waals surface area contributed by atoms with E-state index < -0.39 is 11.7 Å². The van der Waals surface area contributed by atoms with Crippen LogP contribution in [0.5, 0.6) is 0 Å². The fourth-order valence-electron chi connectivity index (χ4n) is 2.61. The number of hydrogen-bond donors (Lipinski definition) is 0. The Morgan fingerprint density at radius 1 is 1.24 bits per heavy atom. The molecule has 1 aromatic carbocycles. The van der Waals surface area contributed by atoms with Crippen LogP contribution in [-0.4, -0.2) is 6.54 Å². The summed E-state index contributed by atoms with van der Waals surface area (Å²) in [6.45, 7) is 1.40. The number of halogens is 4. The molecule has 21 heavy (non-hydrogen) atoms. The molecule has 1 aliphatic rings. The molecule has 0 saturated heterocycles. The second kappa shape index (κ2) is 5.54. The molecule has 0 N–H and O–H groups in total. The molecule has 0 atom stereocenters. The Labute approximate surface area is 130 Å². The van der Waals surface area contributed by atoms with E-state index in [0.29, 0.717) is 12.2 Å². The van der Waals surface area contributed by atoms with Crippen molar-refractivity contribution in [2.24, 2.45) is 0 Å². The van der Waals surface area contributed by atoms with E-state index in [-0.39, 0.29) is 11.4 Å². The second-order valence-electron chi connectivity index (χ2n) is 5.01. The number of thiophene rings is 1. The first-order chi connectivity index (χ1) is 9.99. The van der Waals surface area contributed by atoms with E-state index in [2.05, 4.69) is 0 Å². The highest BCUT2D eigenvalue weighted by Crippen LogP contribution is 2.36. The summed E-state index contributed by atoms with van der Waals surface area (Å²) in [6.07, 6.45) is -3.49. The fraction of sp³-hybridized carbons (Fsp3) is 0.333. The van der Waals surface area contributed by atoms with Crippen molar-refractivity contribution in [3.05, 3.63) is 51.2 Å². The van der Waals surface area contributed by atoms with Gasteiger partial charge in [-0.1, -0.05) is 6.07 Å². The van der Waals surface area contributed by atoms with Gasteiger partial charge in [-0.3, -0.25) is 0 Å². The van der Waals surface area contributed by atoms with Gasteiger partial charge in [0.25, 0.3) is 0 Å². The third-order valence-corrected chi connectivity index (χ3v) is 5.03. The first-order valence-electron chi connectivity index (χ1n) is 6.55. The summed E-state index contributed by atoms with van der Waals surface area (Å²) < 4.78 is 39.3. The number of fused-ring (bicyclic) bond motifs is 1. The molecule has 2 aromatic rings. The minimum absolute atomic E-state index is 0.126. The van der Waals surface area contributed by atoms with Crippen molar-refractivity contribution in [3.8, 4) is 0 Å². The van der Waals surface area contributed by atoms with Gasteiger partial charge in [-0.25, -0.2) is 0 Å². The van der Waals surface area contributed by atoms with Gasteiger partial charge in [0.2, 0.25) is 0 Å². The molecule has 2 heterocycles. The average Bonchev–Trinajstić information content (AvgIpc) is 2.93. The topological polar surface area (TPSA) is 3.24 Å². The summed E-state index contributed by atoms with van der Waals surface area (Å²) in [6, 6.07) is 6.47. The molecular formula is C15H13ClF3NS. The predicted molar refractivity (Wildman–Crippen MR) is 80.1 cm³/mol. The Balaban J connectivity index is 1.93. The van der Waals surface area contributed by atoms with Crippen LogP contribution in [0.15, 0.2) is 29.6 Å². The van der Waals surface area contributed by atoms with Crippen molar-refractivity contribution in [1.29, 1.82) is 0 Å². The van der Waals surface area contributed by atoms with Crippen LogP contribution in [0.4, 0.5) is 18.9 Å². The summed E-state index contributed by atoms with van der Waals surface area (Å²) >= 11 is 7.33. The van der Waals surface area contributed by atoms with Gasteiger partial charge >= 0.3 is 6.18 Å². The summed E-state index contributed by atoms with van der Waals surface area (Å²) in [4.78, 5) is 3.32. The number of alkyl halides is 4. The van der Waals surface area contributed by atoms with Crippen LogP contribution < -0.4 is 4.90 Å². The van der Waals surface area contributed by atoms with Crippen molar-refractivity contribution in [1.82, 2.24) is 0 Å². The molecule has 0 spiro atoms. The van der Waals surface area contributed by atoms with E-state index in [1.54, 1.807) is 17.4 Å². The minimum Gasteiger partial charge on any atom is -0.367 e. The molecular weight excluding hydrogens is 319 g/mol. The number of hydrogen-bond acceptors (Lipinski definition) is 2. The van der Waals surface area contributed by atoms with Gasteiger partial charge in [0, 0.05) is 29.5 Å². The third kappa shape index (κ3) is 2.90. The van der Waals surface area contributed by atoms with Gasteiger partial charge in [0.15, 0.2) is 0 Å². The van der Waals surface area contributed by atoms with Crippen LogP contribution >= 0.6 is 22.9 Å². The molecule has 0 fully saturated rings. The monoisotopic (exact) mass is 331 g/mol. The summed E-state index contributed by atoms with van der Waals surface area (Å²) in [7, 11) is 0. The molecule has 0 unspecified atom stereocenters. The first-order valence-corrected chi connectivity index (χ1v) is 7.96. The zero-order chi connectivity index (χ0) is 15.0. The van der Waals surface area contributed by atoms with Gasteiger partial charge in [-0.2, -0.15) is 13.2 Å². The van der Waals surface area contributed by atoms with E-state index >= 15 is 0 Å². The quantitative estimate of drug-likeness (QED) is 0.695. The summed E-state index contributed by atoms with van der Waals surface area (Å²) in [5, 5.41) is 2.03. The molecule has 1 nitrogen and oxygen atoms in total. The van der Waals surface area contributed by atoms with Gasteiger partial charge in [0.1, 0.15) is 0 Å². The Kier molecular flexibility index (Phi) is 3.88. The van der Waals surface area contributed by atoms with Gasteiger partial charge < -0.3 is 4.90 Å². The smallest absolute Gasteiger partial charge is 0.367 e.